The van der Waals surface area contributed by atoms with Crippen LogP contribution in [-0.2, 0) is 15.7 Å². The lowest BCUT2D eigenvalue weighted by molar-refractivity contribution is -0.137. The Kier molecular flexibility index (Phi) is 7.77. The molecule has 174 valence electrons. The fraction of sp³-hybridized carbons (Fsp3) is 0.391. The summed E-state index contributed by atoms with van der Waals surface area (Å²) in [6, 6.07) is 9.06. The molecule has 0 fully saturated rings. The SMILES string of the molecule is COC(=O)c1ccc(C(F)(F)F)c(-c2ccc(O[C@@H](C)CNC(=O)OC(C)(C)C)cc2)c1. The van der Waals surface area contributed by atoms with Crippen molar-refractivity contribution in [1.82, 2.24) is 5.32 Å². The van der Waals surface area contributed by atoms with Gasteiger partial charge in [0.2, 0.25) is 0 Å². The lowest BCUT2D eigenvalue weighted by atomic mass is 9.96. The zero-order valence-electron chi connectivity index (χ0n) is 18.5. The summed E-state index contributed by atoms with van der Waals surface area (Å²) in [6.45, 7) is 7.15. The lowest BCUT2D eigenvalue weighted by Gasteiger charge is -2.21. The molecule has 0 unspecified atom stereocenters. The van der Waals surface area contributed by atoms with Crippen LogP contribution in [-0.4, -0.2) is 37.4 Å². The molecule has 0 heterocycles. The van der Waals surface area contributed by atoms with Crippen LogP contribution in [0.5, 0.6) is 5.75 Å². The van der Waals surface area contributed by atoms with Crippen molar-refractivity contribution in [2.24, 2.45) is 0 Å². The Morgan fingerprint density at radius 1 is 1.03 bits per heavy atom. The van der Waals surface area contributed by atoms with Crippen LogP contribution in [0.1, 0.15) is 43.6 Å². The van der Waals surface area contributed by atoms with Gasteiger partial charge in [0.15, 0.2) is 0 Å². The number of ether oxygens (including phenoxy) is 3. The van der Waals surface area contributed by atoms with Crippen LogP contribution in [0.2, 0.25) is 0 Å². The van der Waals surface area contributed by atoms with Gasteiger partial charge in [-0.05, 0) is 69.2 Å². The first-order valence-electron chi connectivity index (χ1n) is 9.83. The van der Waals surface area contributed by atoms with E-state index in [1.54, 1.807) is 27.7 Å². The molecule has 2 aromatic rings. The van der Waals surface area contributed by atoms with Gasteiger partial charge < -0.3 is 19.5 Å². The van der Waals surface area contributed by atoms with E-state index in [4.69, 9.17) is 9.47 Å². The fourth-order valence-corrected chi connectivity index (χ4v) is 2.80. The second-order valence-corrected chi connectivity index (χ2v) is 8.09. The van der Waals surface area contributed by atoms with Gasteiger partial charge in [0, 0.05) is 0 Å². The van der Waals surface area contributed by atoms with Gasteiger partial charge in [0.1, 0.15) is 17.5 Å². The molecule has 0 aliphatic heterocycles. The third kappa shape index (κ3) is 7.18. The molecule has 0 aliphatic carbocycles. The minimum Gasteiger partial charge on any atom is -0.489 e. The Hall–Kier alpha value is -3.23. The number of amides is 1. The van der Waals surface area contributed by atoms with Crippen molar-refractivity contribution in [1.29, 1.82) is 0 Å². The molecule has 0 saturated heterocycles. The van der Waals surface area contributed by atoms with E-state index in [1.165, 1.54) is 24.3 Å². The molecule has 1 atom stereocenters. The lowest BCUT2D eigenvalue weighted by Crippen LogP contribution is -2.37. The maximum absolute atomic E-state index is 13.5. The number of methoxy groups -OCH3 is 1. The summed E-state index contributed by atoms with van der Waals surface area (Å²) in [5.74, 6) is -0.323. The zero-order chi connectivity index (χ0) is 24.1. The number of rotatable bonds is 6. The smallest absolute Gasteiger partial charge is 0.417 e. The van der Waals surface area contributed by atoms with Gasteiger partial charge in [-0.2, -0.15) is 13.2 Å². The topological polar surface area (TPSA) is 73.9 Å². The molecular formula is C23H26F3NO5. The van der Waals surface area contributed by atoms with E-state index in [1.807, 2.05) is 0 Å². The number of esters is 1. The van der Waals surface area contributed by atoms with Gasteiger partial charge in [0.25, 0.3) is 0 Å². The highest BCUT2D eigenvalue weighted by Gasteiger charge is 2.34. The average molecular weight is 453 g/mol. The average Bonchev–Trinajstić information content (AvgIpc) is 2.70. The van der Waals surface area contributed by atoms with Crippen LogP contribution < -0.4 is 10.1 Å². The predicted molar refractivity (Wildman–Crippen MR) is 113 cm³/mol. The molecule has 1 amide bonds. The standard InChI is InChI=1S/C23H26F3NO5/c1-14(13-27-21(29)32-22(2,3)4)31-17-9-6-15(7-10-17)18-12-16(20(28)30-5)8-11-19(18)23(24,25)26/h6-12,14H,13H2,1-5H3,(H,27,29)/t14-/m0/s1. The van der Waals surface area contributed by atoms with E-state index < -0.39 is 35.5 Å². The number of halogens is 3. The monoisotopic (exact) mass is 453 g/mol. The highest BCUT2D eigenvalue weighted by Crippen LogP contribution is 2.38. The maximum Gasteiger partial charge on any atom is 0.417 e. The molecule has 1 N–H and O–H groups in total. The maximum atomic E-state index is 13.5. The molecule has 6 nitrogen and oxygen atoms in total. The van der Waals surface area contributed by atoms with Crippen molar-refractivity contribution in [3.63, 3.8) is 0 Å². The number of benzene rings is 2. The molecule has 2 rings (SSSR count). The fourth-order valence-electron chi connectivity index (χ4n) is 2.80. The summed E-state index contributed by atoms with van der Waals surface area (Å²) < 4.78 is 55.8. The zero-order valence-corrected chi connectivity index (χ0v) is 18.5. The van der Waals surface area contributed by atoms with Crippen molar-refractivity contribution >= 4 is 12.1 Å². The molecule has 2 aromatic carbocycles. The number of hydrogen-bond acceptors (Lipinski definition) is 5. The Bertz CT molecular complexity index is 950. The molecule has 0 spiro atoms. The molecular weight excluding hydrogens is 427 g/mol. The largest absolute Gasteiger partial charge is 0.489 e. The van der Waals surface area contributed by atoms with Crippen molar-refractivity contribution in [2.75, 3.05) is 13.7 Å². The molecule has 32 heavy (non-hydrogen) atoms. The van der Waals surface area contributed by atoms with Gasteiger partial charge in [0.05, 0.1) is 24.8 Å². The summed E-state index contributed by atoms with van der Waals surface area (Å²) in [7, 11) is 1.16. The van der Waals surface area contributed by atoms with Gasteiger partial charge in [-0.25, -0.2) is 9.59 Å². The second-order valence-electron chi connectivity index (χ2n) is 8.09. The minimum atomic E-state index is -4.60. The molecule has 0 bridgehead atoms. The van der Waals surface area contributed by atoms with Crippen molar-refractivity contribution < 1.29 is 37.0 Å². The third-order valence-electron chi connectivity index (χ3n) is 4.18. The Labute approximate surface area is 184 Å². The van der Waals surface area contributed by atoms with E-state index >= 15 is 0 Å². The number of alkyl halides is 3. The van der Waals surface area contributed by atoms with Gasteiger partial charge in [-0.1, -0.05) is 12.1 Å². The molecule has 0 aliphatic rings. The van der Waals surface area contributed by atoms with Crippen LogP contribution in [0.3, 0.4) is 0 Å². The van der Waals surface area contributed by atoms with E-state index in [2.05, 4.69) is 10.1 Å². The van der Waals surface area contributed by atoms with Crippen LogP contribution >= 0.6 is 0 Å². The first kappa shape index (κ1) is 25.0. The summed E-state index contributed by atoms with van der Waals surface area (Å²) >= 11 is 0. The number of carbonyl (C=O) groups is 2. The Balaban J connectivity index is 2.15. The first-order chi connectivity index (χ1) is 14.8. The number of alkyl carbamates (subject to hydrolysis) is 1. The highest BCUT2D eigenvalue weighted by molar-refractivity contribution is 5.91. The number of nitrogens with one attached hydrogen (secondary N) is 1. The van der Waals surface area contributed by atoms with E-state index in [9.17, 15) is 22.8 Å². The normalized spacial score (nSPS) is 12.6. The first-order valence-corrected chi connectivity index (χ1v) is 9.83. The number of hydrogen-bond donors (Lipinski definition) is 1. The van der Waals surface area contributed by atoms with E-state index in [0.717, 1.165) is 25.3 Å². The van der Waals surface area contributed by atoms with Crippen LogP contribution in [0.25, 0.3) is 11.1 Å². The van der Waals surface area contributed by atoms with Crippen LogP contribution in [0, 0.1) is 0 Å². The molecule has 0 saturated carbocycles. The third-order valence-corrected chi connectivity index (χ3v) is 4.18. The van der Waals surface area contributed by atoms with E-state index in [0.29, 0.717) is 5.75 Å². The van der Waals surface area contributed by atoms with Crippen LogP contribution in [0.4, 0.5) is 18.0 Å². The van der Waals surface area contributed by atoms with Gasteiger partial charge >= 0.3 is 18.2 Å². The predicted octanol–water partition coefficient (Wildman–Crippen LogP) is 5.45. The van der Waals surface area contributed by atoms with Crippen LogP contribution in [0.15, 0.2) is 42.5 Å². The summed E-state index contributed by atoms with van der Waals surface area (Å²) in [4.78, 5) is 23.5. The number of carbonyl (C=O) groups excluding carboxylic acids is 2. The second kappa shape index (κ2) is 9.93. The van der Waals surface area contributed by atoms with Crippen molar-refractivity contribution in [3.8, 4) is 16.9 Å². The van der Waals surface area contributed by atoms with Gasteiger partial charge in [-0.15, -0.1) is 0 Å². The molecule has 0 aromatic heterocycles. The quantitative estimate of drug-likeness (QED) is 0.589. The summed E-state index contributed by atoms with van der Waals surface area (Å²) in [5.41, 5.74) is -1.36. The minimum absolute atomic E-state index is 0.0117. The Morgan fingerprint density at radius 3 is 2.19 bits per heavy atom. The summed E-state index contributed by atoms with van der Waals surface area (Å²) in [6.07, 6.45) is -5.59. The molecule has 0 radical (unpaired) electrons. The highest BCUT2D eigenvalue weighted by atomic mass is 19.4. The van der Waals surface area contributed by atoms with Gasteiger partial charge in [-0.3, -0.25) is 0 Å². The van der Waals surface area contributed by atoms with Crippen molar-refractivity contribution in [2.45, 2.75) is 45.6 Å². The Morgan fingerprint density at radius 2 is 1.66 bits per heavy atom. The molecule has 9 heteroatoms. The summed E-state index contributed by atoms with van der Waals surface area (Å²) in [5, 5.41) is 2.59. The van der Waals surface area contributed by atoms with Crippen molar-refractivity contribution in [3.05, 3.63) is 53.6 Å². The van der Waals surface area contributed by atoms with E-state index in [-0.39, 0.29) is 23.2 Å².